The van der Waals surface area contributed by atoms with Crippen molar-refractivity contribution in [2.75, 3.05) is 19.6 Å². The van der Waals surface area contributed by atoms with E-state index in [4.69, 9.17) is 0 Å². The summed E-state index contributed by atoms with van der Waals surface area (Å²) in [4.78, 5) is 15.5. The quantitative estimate of drug-likeness (QED) is 0.268. The lowest BCUT2D eigenvalue weighted by atomic mass is 10.1. The number of benzene rings is 1. The predicted octanol–water partition coefficient (Wildman–Crippen LogP) is 5.86. The van der Waals surface area contributed by atoms with Gasteiger partial charge in [-0.25, -0.2) is 0 Å². The lowest BCUT2D eigenvalue weighted by molar-refractivity contribution is 0.0973. The lowest BCUT2D eigenvalue weighted by Gasteiger charge is -2.25. The van der Waals surface area contributed by atoms with Crippen LogP contribution in [0.3, 0.4) is 0 Å². The maximum absolute atomic E-state index is 12.4. The Hall–Kier alpha value is -2.21. The van der Waals surface area contributed by atoms with E-state index in [-0.39, 0.29) is 5.78 Å². The van der Waals surface area contributed by atoms with Crippen LogP contribution in [0.4, 0.5) is 0 Å². The molecule has 0 spiro atoms. The van der Waals surface area contributed by atoms with E-state index >= 15 is 0 Å². The number of aromatic nitrogens is 1. The van der Waals surface area contributed by atoms with Crippen LogP contribution in [0, 0.1) is 0 Å². The Balaban J connectivity index is 1.73. The number of carbonyl (C=O) groups is 1. The molecule has 2 heterocycles. The van der Waals surface area contributed by atoms with Gasteiger partial charge in [0.15, 0.2) is 5.78 Å². The number of unbranched alkanes of at least 4 members (excludes halogenated alkanes) is 2. The second kappa shape index (κ2) is 12.0. The van der Waals surface area contributed by atoms with Crippen LogP contribution in [0.25, 0.3) is 17.0 Å². The van der Waals surface area contributed by atoms with Gasteiger partial charge in [0.25, 0.3) is 0 Å². The summed E-state index contributed by atoms with van der Waals surface area (Å²) in [5.74, 6) is 0.0226. The van der Waals surface area contributed by atoms with Crippen LogP contribution in [-0.4, -0.2) is 46.1 Å². The monoisotopic (exact) mass is 438 g/mol. The predicted molar refractivity (Wildman–Crippen MR) is 132 cm³/mol. The van der Waals surface area contributed by atoms with Crippen molar-refractivity contribution in [2.24, 2.45) is 0 Å². The first-order valence-electron chi connectivity index (χ1n) is 11.4. The highest BCUT2D eigenvalue weighted by atomic mass is 32.1. The van der Waals surface area contributed by atoms with Gasteiger partial charge in [-0.3, -0.25) is 4.79 Å². The van der Waals surface area contributed by atoms with Gasteiger partial charge in [0.2, 0.25) is 0 Å². The van der Waals surface area contributed by atoms with Gasteiger partial charge >= 0.3 is 0 Å². The minimum atomic E-state index is -0.436. The number of hydrogen-bond donors (Lipinski definition) is 1. The average Bonchev–Trinajstić information content (AvgIpc) is 3.43. The van der Waals surface area contributed by atoms with Crippen molar-refractivity contribution < 1.29 is 9.90 Å². The molecule has 2 aromatic heterocycles. The average molecular weight is 439 g/mol. The van der Waals surface area contributed by atoms with Crippen LogP contribution in [0.15, 0.2) is 54.1 Å². The van der Waals surface area contributed by atoms with Gasteiger partial charge in [-0.15, -0.1) is 11.3 Å². The van der Waals surface area contributed by atoms with E-state index in [1.807, 2.05) is 35.7 Å². The Labute approximate surface area is 189 Å². The molecule has 0 aliphatic heterocycles. The van der Waals surface area contributed by atoms with Crippen LogP contribution in [0.1, 0.15) is 54.8 Å². The van der Waals surface area contributed by atoms with Crippen molar-refractivity contribution in [2.45, 2.75) is 52.2 Å². The van der Waals surface area contributed by atoms with E-state index in [2.05, 4.69) is 41.6 Å². The molecule has 0 amide bonds. The molecule has 1 atom stereocenters. The zero-order chi connectivity index (χ0) is 22.1. The van der Waals surface area contributed by atoms with Gasteiger partial charge in [0.1, 0.15) is 0 Å². The second-order valence-electron chi connectivity index (χ2n) is 8.09. The number of aliphatic hydroxyl groups excluding tert-OH is 1. The molecule has 4 nitrogen and oxygen atoms in total. The summed E-state index contributed by atoms with van der Waals surface area (Å²) in [6.07, 6.45) is 9.81. The number of allylic oxidation sites excluding steroid dienone is 1. The van der Waals surface area contributed by atoms with Gasteiger partial charge in [-0.05, 0) is 55.6 Å². The first-order chi connectivity index (χ1) is 15.1. The van der Waals surface area contributed by atoms with Crippen molar-refractivity contribution in [1.82, 2.24) is 9.47 Å². The molecule has 31 heavy (non-hydrogen) atoms. The Morgan fingerprint density at radius 1 is 1.13 bits per heavy atom. The third kappa shape index (κ3) is 6.63. The minimum absolute atomic E-state index is 0.0226. The molecule has 0 saturated heterocycles. The Morgan fingerprint density at radius 2 is 1.87 bits per heavy atom. The Kier molecular flexibility index (Phi) is 9.07. The SMILES string of the molecule is CCCCN(CCCC)C[C@H](O)Cn1cc(/C=C\C(=O)c2cccs2)c2ccccc21. The molecule has 1 aromatic carbocycles. The van der Waals surface area contributed by atoms with Crippen molar-refractivity contribution in [3.8, 4) is 0 Å². The summed E-state index contributed by atoms with van der Waals surface area (Å²) < 4.78 is 2.12. The van der Waals surface area contributed by atoms with E-state index in [0.29, 0.717) is 13.1 Å². The molecule has 0 fully saturated rings. The summed E-state index contributed by atoms with van der Waals surface area (Å²) in [5, 5.41) is 13.9. The number of carbonyl (C=O) groups excluding carboxylic acids is 1. The number of para-hydroxylation sites is 1. The van der Waals surface area contributed by atoms with Gasteiger partial charge < -0.3 is 14.6 Å². The molecule has 0 radical (unpaired) electrons. The highest BCUT2D eigenvalue weighted by Gasteiger charge is 2.14. The fourth-order valence-electron chi connectivity index (χ4n) is 3.87. The Bertz CT molecular complexity index is 967. The van der Waals surface area contributed by atoms with E-state index in [1.165, 1.54) is 24.2 Å². The van der Waals surface area contributed by atoms with E-state index in [1.54, 1.807) is 6.08 Å². The highest BCUT2D eigenvalue weighted by Crippen LogP contribution is 2.23. The van der Waals surface area contributed by atoms with E-state index < -0.39 is 6.10 Å². The molecule has 0 unspecified atom stereocenters. The van der Waals surface area contributed by atoms with Gasteiger partial charge in [-0.2, -0.15) is 0 Å². The molecule has 1 N–H and O–H groups in total. The molecule has 0 bridgehead atoms. The molecule has 166 valence electrons. The van der Waals surface area contributed by atoms with Crippen molar-refractivity contribution >= 4 is 34.1 Å². The third-order valence-electron chi connectivity index (χ3n) is 5.53. The molecular formula is C26H34N2O2S. The topological polar surface area (TPSA) is 45.5 Å². The van der Waals surface area contributed by atoms with E-state index in [0.717, 1.165) is 47.3 Å². The number of rotatable bonds is 13. The van der Waals surface area contributed by atoms with Gasteiger partial charge in [-0.1, -0.05) is 51.0 Å². The third-order valence-corrected chi connectivity index (χ3v) is 6.41. The van der Waals surface area contributed by atoms with Gasteiger partial charge in [0, 0.05) is 35.8 Å². The van der Waals surface area contributed by atoms with Gasteiger partial charge in [0.05, 0.1) is 11.0 Å². The normalized spacial score (nSPS) is 12.9. The van der Waals surface area contributed by atoms with Crippen LogP contribution in [-0.2, 0) is 6.54 Å². The first kappa shape index (κ1) is 23.5. The number of fused-ring (bicyclic) bond motifs is 1. The van der Waals surface area contributed by atoms with Crippen molar-refractivity contribution in [1.29, 1.82) is 0 Å². The van der Waals surface area contributed by atoms with Crippen LogP contribution in [0.2, 0.25) is 0 Å². The summed E-state index contributed by atoms with van der Waals surface area (Å²) in [6, 6.07) is 11.9. The fraction of sp³-hybridized carbons (Fsp3) is 0.423. The fourth-order valence-corrected chi connectivity index (χ4v) is 4.51. The second-order valence-corrected chi connectivity index (χ2v) is 9.04. The molecule has 3 rings (SSSR count). The summed E-state index contributed by atoms with van der Waals surface area (Å²) >= 11 is 1.46. The number of thiophene rings is 1. The largest absolute Gasteiger partial charge is 0.390 e. The van der Waals surface area contributed by atoms with Crippen LogP contribution >= 0.6 is 11.3 Å². The maximum atomic E-state index is 12.4. The van der Waals surface area contributed by atoms with Crippen molar-refractivity contribution in [3.63, 3.8) is 0 Å². The summed E-state index contributed by atoms with van der Waals surface area (Å²) in [6.45, 7) is 7.73. The van der Waals surface area contributed by atoms with Crippen molar-refractivity contribution in [3.05, 3.63) is 64.5 Å². The molecule has 5 heteroatoms. The van der Waals surface area contributed by atoms with Crippen LogP contribution in [0.5, 0.6) is 0 Å². The standard InChI is InChI=1S/C26H34N2O2S/c1-3-5-15-27(16-6-4-2)19-22(29)20-28-18-21(23-10-7-8-11-24(23)28)13-14-25(30)26-12-9-17-31-26/h7-14,17-18,22,29H,3-6,15-16,19-20H2,1-2H3/b14-13-/t22-/m0/s1. The molecule has 3 aromatic rings. The number of nitrogens with zero attached hydrogens (tertiary/aromatic N) is 2. The summed E-state index contributed by atoms with van der Waals surface area (Å²) in [7, 11) is 0. The Morgan fingerprint density at radius 3 is 2.55 bits per heavy atom. The smallest absolute Gasteiger partial charge is 0.195 e. The minimum Gasteiger partial charge on any atom is -0.390 e. The van der Waals surface area contributed by atoms with E-state index in [9.17, 15) is 9.90 Å². The first-order valence-corrected chi connectivity index (χ1v) is 12.2. The zero-order valence-corrected chi connectivity index (χ0v) is 19.5. The maximum Gasteiger partial charge on any atom is 0.195 e. The summed E-state index contributed by atoms with van der Waals surface area (Å²) in [5.41, 5.74) is 2.08. The zero-order valence-electron chi connectivity index (χ0n) is 18.7. The number of aliphatic hydroxyl groups is 1. The lowest BCUT2D eigenvalue weighted by Crippen LogP contribution is -2.36. The highest BCUT2D eigenvalue weighted by molar-refractivity contribution is 7.12. The number of ketones is 1. The van der Waals surface area contributed by atoms with Crippen LogP contribution < -0.4 is 0 Å². The molecule has 0 aliphatic carbocycles. The molecule has 0 saturated carbocycles. The molecular weight excluding hydrogens is 404 g/mol. The molecule has 0 aliphatic rings. The number of hydrogen-bond acceptors (Lipinski definition) is 4.